The maximum absolute atomic E-state index is 13.7. The number of rotatable bonds is 4. The molecule has 3 aromatic rings. The molecular formula is C16H12FNO2. The van der Waals surface area contributed by atoms with Crippen molar-refractivity contribution in [3.8, 4) is 5.75 Å². The molecule has 1 aromatic heterocycles. The number of hydrogen-bond donors (Lipinski definition) is 1. The second-order valence-corrected chi connectivity index (χ2v) is 4.45. The highest BCUT2D eigenvalue weighted by Gasteiger charge is 2.10. The summed E-state index contributed by atoms with van der Waals surface area (Å²) in [4.78, 5) is 13.5. The smallest absolute Gasteiger partial charge is 0.166 e. The van der Waals surface area contributed by atoms with Gasteiger partial charge in [-0.05, 0) is 23.8 Å². The molecule has 100 valence electrons. The van der Waals surface area contributed by atoms with Crippen molar-refractivity contribution >= 4 is 17.2 Å². The van der Waals surface area contributed by atoms with Gasteiger partial charge in [-0.15, -0.1) is 0 Å². The molecule has 0 aliphatic carbocycles. The van der Waals surface area contributed by atoms with Gasteiger partial charge in [-0.25, -0.2) is 4.39 Å². The molecule has 4 heteroatoms. The van der Waals surface area contributed by atoms with Gasteiger partial charge in [0.2, 0.25) is 0 Å². The highest BCUT2D eigenvalue weighted by molar-refractivity contribution is 5.92. The van der Waals surface area contributed by atoms with Gasteiger partial charge in [0.1, 0.15) is 18.2 Å². The van der Waals surface area contributed by atoms with Crippen LogP contribution in [0.2, 0.25) is 0 Å². The van der Waals surface area contributed by atoms with E-state index < -0.39 is 5.82 Å². The molecule has 20 heavy (non-hydrogen) atoms. The van der Waals surface area contributed by atoms with Gasteiger partial charge in [0.15, 0.2) is 6.29 Å². The van der Waals surface area contributed by atoms with Crippen molar-refractivity contribution in [1.82, 2.24) is 4.98 Å². The lowest BCUT2D eigenvalue weighted by atomic mass is 10.2. The third kappa shape index (κ3) is 2.28. The number of H-pyrrole nitrogens is 1. The average Bonchev–Trinajstić information content (AvgIpc) is 2.93. The van der Waals surface area contributed by atoms with Crippen molar-refractivity contribution in [1.29, 1.82) is 0 Å². The lowest BCUT2D eigenvalue weighted by Crippen LogP contribution is -1.95. The van der Waals surface area contributed by atoms with Crippen molar-refractivity contribution in [3.05, 3.63) is 65.6 Å². The molecule has 3 nitrogen and oxygen atoms in total. The quantitative estimate of drug-likeness (QED) is 0.734. The minimum absolute atomic E-state index is 0.290. The zero-order valence-electron chi connectivity index (χ0n) is 10.6. The SMILES string of the molecule is O=Cc1cc2c(OCc3ccccc3)ccc(F)c2[nH]1. The number of carbonyl (C=O) groups excluding carboxylic acids is 1. The van der Waals surface area contributed by atoms with E-state index in [-0.39, 0.29) is 5.52 Å². The molecule has 0 unspecified atom stereocenters. The lowest BCUT2D eigenvalue weighted by molar-refractivity contribution is 0.112. The summed E-state index contributed by atoms with van der Waals surface area (Å²) >= 11 is 0. The first-order chi connectivity index (χ1) is 9.78. The molecule has 0 saturated carbocycles. The molecule has 2 aromatic carbocycles. The van der Waals surface area contributed by atoms with E-state index in [0.29, 0.717) is 29.7 Å². The van der Waals surface area contributed by atoms with E-state index in [1.54, 1.807) is 12.1 Å². The zero-order valence-corrected chi connectivity index (χ0v) is 10.6. The number of fused-ring (bicyclic) bond motifs is 1. The van der Waals surface area contributed by atoms with Crippen LogP contribution in [0.4, 0.5) is 4.39 Å². The predicted molar refractivity (Wildman–Crippen MR) is 74.4 cm³/mol. The fourth-order valence-corrected chi connectivity index (χ4v) is 2.10. The van der Waals surface area contributed by atoms with Gasteiger partial charge in [0, 0.05) is 5.39 Å². The Hall–Kier alpha value is -2.62. The Morgan fingerprint density at radius 1 is 1.15 bits per heavy atom. The first-order valence-electron chi connectivity index (χ1n) is 6.21. The number of aromatic amines is 1. The minimum atomic E-state index is -0.403. The van der Waals surface area contributed by atoms with Crippen LogP contribution in [0.5, 0.6) is 5.75 Å². The van der Waals surface area contributed by atoms with E-state index in [9.17, 15) is 9.18 Å². The maximum atomic E-state index is 13.7. The van der Waals surface area contributed by atoms with Gasteiger partial charge in [0.25, 0.3) is 0 Å². The molecule has 0 aliphatic rings. The first-order valence-corrected chi connectivity index (χ1v) is 6.21. The summed E-state index contributed by atoms with van der Waals surface area (Å²) in [5.41, 5.74) is 1.64. The molecule has 0 atom stereocenters. The minimum Gasteiger partial charge on any atom is -0.488 e. The molecule has 0 saturated heterocycles. The largest absolute Gasteiger partial charge is 0.488 e. The van der Waals surface area contributed by atoms with Crippen molar-refractivity contribution in [3.63, 3.8) is 0 Å². The van der Waals surface area contributed by atoms with Crippen LogP contribution in [0.15, 0.2) is 48.5 Å². The second-order valence-electron chi connectivity index (χ2n) is 4.45. The molecule has 1 N–H and O–H groups in total. The Kier molecular flexibility index (Phi) is 3.21. The van der Waals surface area contributed by atoms with E-state index >= 15 is 0 Å². The Labute approximate surface area is 115 Å². The van der Waals surface area contributed by atoms with Crippen molar-refractivity contribution in [2.75, 3.05) is 0 Å². The van der Waals surface area contributed by atoms with Gasteiger partial charge >= 0.3 is 0 Å². The van der Waals surface area contributed by atoms with E-state index in [4.69, 9.17) is 4.74 Å². The summed E-state index contributed by atoms with van der Waals surface area (Å²) in [6.07, 6.45) is 0.653. The Balaban J connectivity index is 1.93. The Morgan fingerprint density at radius 2 is 1.95 bits per heavy atom. The molecule has 0 bridgehead atoms. The van der Waals surface area contributed by atoms with Crippen LogP contribution in [0.25, 0.3) is 10.9 Å². The molecule has 0 amide bonds. The molecular weight excluding hydrogens is 257 g/mol. The van der Waals surface area contributed by atoms with Crippen LogP contribution in [0.3, 0.4) is 0 Å². The molecule has 0 spiro atoms. The van der Waals surface area contributed by atoms with Crippen LogP contribution >= 0.6 is 0 Å². The third-order valence-electron chi connectivity index (χ3n) is 3.09. The summed E-state index contributed by atoms with van der Waals surface area (Å²) in [6.45, 7) is 0.392. The number of hydrogen-bond acceptors (Lipinski definition) is 2. The van der Waals surface area contributed by atoms with E-state index in [0.717, 1.165) is 5.56 Å². The van der Waals surface area contributed by atoms with Crippen LogP contribution in [0, 0.1) is 5.82 Å². The maximum Gasteiger partial charge on any atom is 0.166 e. The molecule has 3 rings (SSSR count). The van der Waals surface area contributed by atoms with Crippen LogP contribution < -0.4 is 4.74 Å². The average molecular weight is 269 g/mol. The van der Waals surface area contributed by atoms with Gasteiger partial charge in [-0.1, -0.05) is 30.3 Å². The molecule has 0 fully saturated rings. The summed E-state index contributed by atoms with van der Waals surface area (Å²) in [7, 11) is 0. The summed E-state index contributed by atoms with van der Waals surface area (Å²) in [5, 5.41) is 0.572. The number of aldehydes is 1. The standard InChI is InChI=1S/C16H12FNO2/c17-14-6-7-15(13-8-12(9-19)18-16(13)14)20-10-11-4-2-1-3-5-11/h1-9,18H,10H2. The fourth-order valence-electron chi connectivity index (χ4n) is 2.10. The Morgan fingerprint density at radius 3 is 2.70 bits per heavy atom. The summed E-state index contributed by atoms with van der Waals surface area (Å²) in [5.74, 6) is 0.148. The highest BCUT2D eigenvalue weighted by atomic mass is 19.1. The van der Waals surface area contributed by atoms with Crippen molar-refractivity contribution < 1.29 is 13.9 Å². The van der Waals surface area contributed by atoms with Gasteiger partial charge < -0.3 is 9.72 Å². The van der Waals surface area contributed by atoms with E-state index in [1.807, 2.05) is 30.3 Å². The van der Waals surface area contributed by atoms with Gasteiger partial charge in [0.05, 0.1) is 11.2 Å². The molecule has 0 aliphatic heterocycles. The van der Waals surface area contributed by atoms with Crippen LogP contribution in [-0.2, 0) is 6.61 Å². The number of nitrogens with one attached hydrogen (secondary N) is 1. The second kappa shape index (κ2) is 5.17. The number of carbonyl (C=O) groups is 1. The highest BCUT2D eigenvalue weighted by Crippen LogP contribution is 2.28. The Bertz CT molecular complexity index is 750. The van der Waals surface area contributed by atoms with Crippen LogP contribution in [-0.4, -0.2) is 11.3 Å². The number of halogens is 1. The number of benzene rings is 2. The monoisotopic (exact) mass is 269 g/mol. The predicted octanol–water partition coefficient (Wildman–Crippen LogP) is 3.70. The molecule has 0 radical (unpaired) electrons. The number of aromatic nitrogens is 1. The first kappa shape index (κ1) is 12.4. The zero-order chi connectivity index (χ0) is 13.9. The molecule has 1 heterocycles. The number of ether oxygens (including phenoxy) is 1. The fraction of sp³-hybridized carbons (Fsp3) is 0.0625. The topological polar surface area (TPSA) is 42.1 Å². The van der Waals surface area contributed by atoms with Crippen molar-refractivity contribution in [2.45, 2.75) is 6.61 Å². The lowest BCUT2D eigenvalue weighted by Gasteiger charge is -2.07. The van der Waals surface area contributed by atoms with Gasteiger partial charge in [-0.3, -0.25) is 4.79 Å². The van der Waals surface area contributed by atoms with Crippen LogP contribution in [0.1, 0.15) is 16.1 Å². The normalized spacial score (nSPS) is 10.7. The van der Waals surface area contributed by atoms with E-state index in [1.165, 1.54) is 6.07 Å². The summed E-state index contributed by atoms with van der Waals surface area (Å²) in [6, 6.07) is 14.2. The summed E-state index contributed by atoms with van der Waals surface area (Å²) < 4.78 is 19.4. The third-order valence-corrected chi connectivity index (χ3v) is 3.09. The van der Waals surface area contributed by atoms with Crippen molar-refractivity contribution in [2.24, 2.45) is 0 Å². The van der Waals surface area contributed by atoms with E-state index in [2.05, 4.69) is 4.98 Å². The van der Waals surface area contributed by atoms with Gasteiger partial charge in [-0.2, -0.15) is 0 Å².